The number of benzene rings is 2. The van der Waals surface area contributed by atoms with Crippen molar-refractivity contribution in [1.82, 2.24) is 4.98 Å². The number of carbonyl (C=O) groups excluding carboxylic acids is 2. The van der Waals surface area contributed by atoms with Crippen LogP contribution in [-0.4, -0.2) is 35.0 Å². The maximum absolute atomic E-state index is 13.1. The number of carbonyl (C=O) groups is 2. The normalized spacial score (nSPS) is 19.4. The summed E-state index contributed by atoms with van der Waals surface area (Å²) in [7, 11) is 0. The molecule has 162 valence electrons. The molecule has 0 radical (unpaired) electrons. The van der Waals surface area contributed by atoms with Gasteiger partial charge < -0.3 is 14.6 Å². The summed E-state index contributed by atoms with van der Waals surface area (Å²) in [6.07, 6.45) is 1.53. The quantitative estimate of drug-likeness (QED) is 0.322. The predicted octanol–water partition coefficient (Wildman–Crippen LogP) is 4.85. The van der Waals surface area contributed by atoms with Crippen molar-refractivity contribution in [3.8, 4) is 11.5 Å². The van der Waals surface area contributed by atoms with Crippen LogP contribution in [0.15, 0.2) is 53.5 Å². The molecule has 7 nitrogen and oxygen atoms in total. The third-order valence-electron chi connectivity index (χ3n) is 5.14. The second kappa shape index (κ2) is 8.12. The molecule has 2 aliphatic rings. The molecule has 1 amide bonds. The fraction of sp³-hybridized carbons (Fsp3) is 0.136. The highest BCUT2D eigenvalue weighted by molar-refractivity contribution is 7.14. The first-order valence-corrected chi connectivity index (χ1v) is 11.1. The number of Topliss-reactive ketones (excluding diaryl/α,β-unsaturated/α-hetero) is 1. The van der Waals surface area contributed by atoms with Gasteiger partial charge in [0.2, 0.25) is 0 Å². The van der Waals surface area contributed by atoms with E-state index in [1.165, 1.54) is 22.4 Å². The van der Waals surface area contributed by atoms with Gasteiger partial charge in [0.05, 0.1) is 21.7 Å². The minimum absolute atomic E-state index is 0.0831. The van der Waals surface area contributed by atoms with Crippen LogP contribution in [0.5, 0.6) is 11.5 Å². The lowest BCUT2D eigenvalue weighted by Gasteiger charge is -2.23. The predicted molar refractivity (Wildman–Crippen MR) is 121 cm³/mol. The van der Waals surface area contributed by atoms with Crippen molar-refractivity contribution in [3.05, 3.63) is 74.7 Å². The highest BCUT2D eigenvalue weighted by Crippen LogP contribution is 2.44. The minimum Gasteiger partial charge on any atom is -0.507 e. The van der Waals surface area contributed by atoms with Gasteiger partial charge in [-0.2, -0.15) is 0 Å². The van der Waals surface area contributed by atoms with Crippen LogP contribution in [0.1, 0.15) is 17.2 Å². The fourth-order valence-corrected chi connectivity index (χ4v) is 4.68. The smallest absolute Gasteiger partial charge is 0.301 e. The third kappa shape index (κ3) is 3.40. The zero-order valence-corrected chi connectivity index (χ0v) is 18.6. The molecule has 1 unspecified atom stereocenters. The summed E-state index contributed by atoms with van der Waals surface area (Å²) < 4.78 is 11.1. The van der Waals surface area contributed by atoms with Crippen LogP contribution < -0.4 is 14.4 Å². The number of hydrogen-bond acceptors (Lipinski definition) is 7. The van der Waals surface area contributed by atoms with Gasteiger partial charge in [-0.15, -0.1) is 11.3 Å². The number of halogens is 2. The third-order valence-corrected chi connectivity index (χ3v) is 6.65. The fourth-order valence-electron chi connectivity index (χ4n) is 3.71. The summed E-state index contributed by atoms with van der Waals surface area (Å²) >= 11 is 13.5. The molecular formula is C22H14Cl2N2O5S. The van der Waals surface area contributed by atoms with Crippen molar-refractivity contribution in [2.24, 2.45) is 0 Å². The number of hydrogen-bond donors (Lipinski definition) is 1. The first-order valence-electron chi connectivity index (χ1n) is 9.51. The highest BCUT2D eigenvalue weighted by Gasteiger charge is 2.48. The van der Waals surface area contributed by atoms with Gasteiger partial charge in [-0.05, 0) is 35.9 Å². The summed E-state index contributed by atoms with van der Waals surface area (Å²) in [6, 6.07) is 8.68. The van der Waals surface area contributed by atoms with E-state index in [-0.39, 0.29) is 16.4 Å². The van der Waals surface area contributed by atoms with E-state index >= 15 is 0 Å². The Kier molecular flexibility index (Phi) is 5.28. The summed E-state index contributed by atoms with van der Waals surface area (Å²) in [4.78, 5) is 31.6. The van der Waals surface area contributed by atoms with Gasteiger partial charge in [0.1, 0.15) is 19.0 Å². The van der Waals surface area contributed by atoms with Crippen molar-refractivity contribution in [2.45, 2.75) is 6.04 Å². The first kappa shape index (κ1) is 20.8. The SMILES string of the molecule is O=C1C(=O)N(c2nccs2)C(c2ccc(Cl)c(Cl)c2)/C1=C(/O)c1ccc2c(c1)OCCO2. The number of rotatable bonds is 3. The number of aliphatic hydroxyl groups excluding tert-OH is 1. The molecule has 0 aliphatic carbocycles. The van der Waals surface area contributed by atoms with E-state index < -0.39 is 17.7 Å². The lowest BCUT2D eigenvalue weighted by Crippen LogP contribution is -2.29. The van der Waals surface area contributed by atoms with Gasteiger partial charge in [-0.25, -0.2) is 4.98 Å². The van der Waals surface area contributed by atoms with E-state index in [4.69, 9.17) is 32.7 Å². The minimum atomic E-state index is -0.941. The Labute approximate surface area is 196 Å². The Balaban J connectivity index is 1.70. The Morgan fingerprint density at radius 2 is 1.84 bits per heavy atom. The topological polar surface area (TPSA) is 89.0 Å². The van der Waals surface area contributed by atoms with Crippen molar-refractivity contribution >= 4 is 57.1 Å². The molecule has 1 aromatic heterocycles. The zero-order chi connectivity index (χ0) is 22.4. The van der Waals surface area contributed by atoms with Crippen molar-refractivity contribution in [2.75, 3.05) is 18.1 Å². The number of aliphatic hydroxyl groups is 1. The van der Waals surface area contributed by atoms with E-state index in [1.54, 1.807) is 41.8 Å². The van der Waals surface area contributed by atoms with Gasteiger partial charge in [-0.3, -0.25) is 14.5 Å². The maximum atomic E-state index is 13.1. The molecule has 1 atom stereocenters. The number of ether oxygens (including phenoxy) is 2. The van der Waals surface area contributed by atoms with Gasteiger partial charge in [0, 0.05) is 17.1 Å². The first-order chi connectivity index (χ1) is 15.5. The summed E-state index contributed by atoms with van der Waals surface area (Å²) in [5, 5.41) is 13.8. The number of amides is 1. The number of aromatic nitrogens is 1. The molecule has 0 spiro atoms. The standard InChI is InChI=1S/C22H14Cl2N2O5S/c23-13-3-1-11(9-14(13)24)18-17(20(28)21(29)26(18)22-25-5-8-32-22)19(27)12-2-4-15-16(10-12)31-7-6-30-15/h1-5,8-10,18,27H,6-7H2/b19-17-. The second-order valence-corrected chi connectivity index (χ2v) is 8.70. The molecular weight excluding hydrogens is 475 g/mol. The average Bonchev–Trinajstić information content (AvgIpc) is 3.42. The van der Waals surface area contributed by atoms with Crippen LogP contribution in [0.3, 0.4) is 0 Å². The van der Waals surface area contributed by atoms with Crippen LogP contribution in [0, 0.1) is 0 Å². The molecule has 32 heavy (non-hydrogen) atoms. The Hall–Kier alpha value is -3.07. The van der Waals surface area contributed by atoms with Crippen molar-refractivity contribution in [1.29, 1.82) is 0 Å². The van der Waals surface area contributed by atoms with Crippen molar-refractivity contribution in [3.63, 3.8) is 0 Å². The maximum Gasteiger partial charge on any atom is 0.301 e. The van der Waals surface area contributed by atoms with Gasteiger partial charge in [0.25, 0.3) is 5.78 Å². The lowest BCUT2D eigenvalue weighted by atomic mass is 9.95. The van der Waals surface area contributed by atoms with Crippen LogP contribution in [0.4, 0.5) is 5.13 Å². The largest absolute Gasteiger partial charge is 0.507 e. The van der Waals surface area contributed by atoms with Crippen LogP contribution in [0.2, 0.25) is 10.0 Å². The van der Waals surface area contributed by atoms with Gasteiger partial charge >= 0.3 is 5.91 Å². The van der Waals surface area contributed by atoms with Gasteiger partial charge in [-0.1, -0.05) is 29.3 Å². The van der Waals surface area contributed by atoms with Crippen LogP contribution in [-0.2, 0) is 9.59 Å². The van der Waals surface area contributed by atoms with E-state index in [2.05, 4.69) is 4.98 Å². The van der Waals surface area contributed by atoms with E-state index in [9.17, 15) is 14.7 Å². The molecule has 1 saturated heterocycles. The van der Waals surface area contributed by atoms with Crippen molar-refractivity contribution < 1.29 is 24.2 Å². The number of fused-ring (bicyclic) bond motifs is 1. The zero-order valence-electron chi connectivity index (χ0n) is 16.2. The molecule has 5 rings (SSSR count). The number of anilines is 1. The summed E-state index contributed by atoms with van der Waals surface area (Å²) in [5.41, 5.74) is 0.740. The molecule has 0 bridgehead atoms. The molecule has 10 heteroatoms. The van der Waals surface area contributed by atoms with Crippen LogP contribution in [0.25, 0.3) is 5.76 Å². The molecule has 2 aromatic carbocycles. The Bertz CT molecular complexity index is 1280. The molecule has 1 N–H and O–H groups in total. The summed E-state index contributed by atoms with van der Waals surface area (Å²) in [5.74, 6) is -0.980. The van der Waals surface area contributed by atoms with E-state index in [1.807, 2.05) is 0 Å². The average molecular weight is 489 g/mol. The number of ketones is 1. The molecule has 3 aromatic rings. The summed E-state index contributed by atoms with van der Waals surface area (Å²) in [6.45, 7) is 0.795. The Morgan fingerprint density at radius 1 is 1.06 bits per heavy atom. The van der Waals surface area contributed by atoms with Gasteiger partial charge in [0.15, 0.2) is 16.6 Å². The van der Waals surface area contributed by atoms with E-state index in [0.29, 0.717) is 46.0 Å². The van der Waals surface area contributed by atoms with Crippen LogP contribution >= 0.6 is 34.5 Å². The molecule has 2 aliphatic heterocycles. The monoisotopic (exact) mass is 488 g/mol. The number of nitrogens with zero attached hydrogens (tertiary/aromatic N) is 2. The highest BCUT2D eigenvalue weighted by atomic mass is 35.5. The number of thiazole rings is 1. The Morgan fingerprint density at radius 3 is 2.56 bits per heavy atom. The molecule has 3 heterocycles. The second-order valence-electron chi connectivity index (χ2n) is 7.02. The molecule has 0 saturated carbocycles. The van der Waals surface area contributed by atoms with E-state index in [0.717, 1.165) is 0 Å². The lowest BCUT2D eigenvalue weighted by molar-refractivity contribution is -0.132. The molecule has 1 fully saturated rings.